The molecule has 0 saturated carbocycles. The first-order valence-electron chi connectivity index (χ1n) is 7.51. The Morgan fingerprint density at radius 3 is 2.35 bits per heavy atom. The third kappa shape index (κ3) is 2.19. The van der Waals surface area contributed by atoms with Crippen molar-refractivity contribution in [2.45, 2.75) is 0 Å². The van der Waals surface area contributed by atoms with Gasteiger partial charge in [0.1, 0.15) is 5.75 Å². The molecule has 23 heavy (non-hydrogen) atoms. The van der Waals surface area contributed by atoms with E-state index in [-0.39, 0.29) is 5.75 Å². The van der Waals surface area contributed by atoms with Gasteiger partial charge in [0, 0.05) is 19.5 Å². The van der Waals surface area contributed by atoms with Gasteiger partial charge in [0.05, 0.1) is 11.0 Å². The van der Waals surface area contributed by atoms with Crippen LogP contribution in [0, 0.1) is 0 Å². The first-order chi connectivity index (χ1) is 11.1. The minimum atomic E-state index is 0.274. The molecule has 4 aromatic rings. The van der Waals surface area contributed by atoms with Crippen molar-refractivity contribution < 1.29 is 5.11 Å². The Kier molecular flexibility index (Phi) is 2.98. The van der Waals surface area contributed by atoms with Crippen LogP contribution in [-0.2, 0) is 0 Å². The van der Waals surface area contributed by atoms with Crippen LogP contribution in [-0.4, -0.2) is 29.2 Å². The third-order valence-electron chi connectivity index (χ3n) is 4.08. The predicted molar refractivity (Wildman–Crippen MR) is 95.0 cm³/mol. The highest BCUT2D eigenvalue weighted by Crippen LogP contribution is 2.35. The zero-order chi connectivity index (χ0) is 16.0. The number of anilines is 1. The highest BCUT2D eigenvalue weighted by molar-refractivity contribution is 6.11. The Balaban J connectivity index is 2.07. The lowest BCUT2D eigenvalue weighted by molar-refractivity contribution is 0.475. The van der Waals surface area contributed by atoms with E-state index in [1.54, 1.807) is 12.1 Å². The molecule has 0 spiro atoms. The van der Waals surface area contributed by atoms with Gasteiger partial charge in [-0.3, -0.25) is 0 Å². The maximum atomic E-state index is 9.53. The summed E-state index contributed by atoms with van der Waals surface area (Å²) in [5, 5.41) is 11.8. The summed E-state index contributed by atoms with van der Waals surface area (Å²) in [6.07, 6.45) is 0. The van der Waals surface area contributed by atoms with Crippen molar-refractivity contribution in [3.63, 3.8) is 0 Å². The van der Waals surface area contributed by atoms with Gasteiger partial charge in [-0.1, -0.05) is 36.4 Å². The topological polar surface area (TPSA) is 52.1 Å². The predicted octanol–water partition coefficient (Wildman–Crippen LogP) is 4.15. The summed E-state index contributed by atoms with van der Waals surface area (Å²) < 4.78 is 0. The number of phenolic OH excluding ortho intramolecular Hbond substituents is 1. The van der Waals surface area contributed by atoms with Gasteiger partial charge >= 0.3 is 0 Å². The van der Waals surface area contributed by atoms with Gasteiger partial charge in [-0.05, 0) is 34.7 Å². The van der Waals surface area contributed by atoms with E-state index < -0.39 is 0 Å². The third-order valence-corrected chi connectivity index (χ3v) is 4.08. The molecule has 0 unspecified atom stereocenters. The largest absolute Gasteiger partial charge is 0.508 e. The molecular formula is C19H17N3O. The van der Waals surface area contributed by atoms with Crippen molar-refractivity contribution in [2.24, 2.45) is 0 Å². The van der Waals surface area contributed by atoms with Crippen LogP contribution in [0.3, 0.4) is 0 Å². The molecule has 0 aliphatic rings. The van der Waals surface area contributed by atoms with Crippen molar-refractivity contribution in [1.82, 2.24) is 9.97 Å². The number of benzene rings is 3. The van der Waals surface area contributed by atoms with Crippen molar-refractivity contribution in [2.75, 3.05) is 19.0 Å². The van der Waals surface area contributed by atoms with Gasteiger partial charge < -0.3 is 15.0 Å². The summed E-state index contributed by atoms with van der Waals surface area (Å²) in [7, 11) is 3.95. The van der Waals surface area contributed by atoms with Crippen LogP contribution in [0.25, 0.3) is 32.9 Å². The molecule has 0 atom stereocenters. The van der Waals surface area contributed by atoms with E-state index in [0.29, 0.717) is 0 Å². The minimum Gasteiger partial charge on any atom is -0.508 e. The number of rotatable bonds is 2. The number of nitrogens with zero attached hydrogens (tertiary/aromatic N) is 2. The quantitative estimate of drug-likeness (QED) is 0.585. The second kappa shape index (κ2) is 5.02. The van der Waals surface area contributed by atoms with E-state index in [1.807, 2.05) is 43.3 Å². The molecule has 0 radical (unpaired) electrons. The summed E-state index contributed by atoms with van der Waals surface area (Å²) in [6.45, 7) is 0. The van der Waals surface area contributed by atoms with E-state index in [2.05, 4.69) is 23.2 Å². The van der Waals surface area contributed by atoms with Crippen LogP contribution in [0.1, 0.15) is 0 Å². The van der Waals surface area contributed by atoms with Crippen molar-refractivity contribution in [3.8, 4) is 16.9 Å². The normalized spacial score (nSPS) is 11.2. The number of aromatic hydroxyl groups is 1. The lowest BCUT2D eigenvalue weighted by Gasteiger charge is -2.08. The second-order valence-electron chi connectivity index (χ2n) is 5.87. The second-order valence-corrected chi connectivity index (χ2v) is 5.87. The van der Waals surface area contributed by atoms with Gasteiger partial charge in [0.15, 0.2) is 0 Å². The van der Waals surface area contributed by atoms with Gasteiger partial charge in [0.2, 0.25) is 5.95 Å². The van der Waals surface area contributed by atoms with E-state index >= 15 is 0 Å². The molecule has 0 fully saturated rings. The summed E-state index contributed by atoms with van der Waals surface area (Å²) in [4.78, 5) is 10.1. The van der Waals surface area contributed by atoms with E-state index in [4.69, 9.17) is 4.98 Å². The Bertz CT molecular complexity index is 1000. The van der Waals surface area contributed by atoms with Gasteiger partial charge in [-0.15, -0.1) is 0 Å². The van der Waals surface area contributed by atoms with Crippen molar-refractivity contribution in [3.05, 3.63) is 54.6 Å². The Labute approximate surface area is 134 Å². The molecular weight excluding hydrogens is 286 g/mol. The molecule has 1 heterocycles. The Morgan fingerprint density at radius 2 is 1.65 bits per heavy atom. The number of hydrogen-bond acceptors (Lipinski definition) is 3. The molecule has 4 rings (SSSR count). The molecule has 4 heteroatoms. The molecule has 0 bridgehead atoms. The van der Waals surface area contributed by atoms with Crippen LogP contribution >= 0.6 is 0 Å². The molecule has 3 aromatic carbocycles. The van der Waals surface area contributed by atoms with Gasteiger partial charge in [0.25, 0.3) is 0 Å². The Morgan fingerprint density at radius 1 is 0.957 bits per heavy atom. The maximum Gasteiger partial charge on any atom is 0.203 e. The lowest BCUT2D eigenvalue weighted by atomic mass is 9.97. The van der Waals surface area contributed by atoms with Crippen LogP contribution in [0.2, 0.25) is 0 Å². The fraction of sp³-hybridized carbons (Fsp3) is 0.105. The molecule has 0 saturated heterocycles. The molecule has 0 aliphatic heterocycles. The standard InChI is InChI=1S/C19H17N3O/c1-22(2)19-20-17-11-16(12-7-9-13(23)10-8-12)14-5-3-4-6-15(14)18(17)21-19/h3-11,23H,1-2H3,(H,20,21). The smallest absolute Gasteiger partial charge is 0.203 e. The van der Waals surface area contributed by atoms with E-state index in [1.165, 1.54) is 0 Å². The van der Waals surface area contributed by atoms with Crippen molar-refractivity contribution >= 4 is 27.8 Å². The number of hydrogen-bond donors (Lipinski definition) is 2. The number of phenols is 1. The Hall–Kier alpha value is -3.01. The average Bonchev–Trinajstić information content (AvgIpc) is 3.00. The number of aromatic nitrogens is 2. The molecule has 0 amide bonds. The van der Waals surface area contributed by atoms with Crippen LogP contribution in [0.15, 0.2) is 54.6 Å². The molecule has 114 valence electrons. The fourth-order valence-electron chi connectivity index (χ4n) is 2.92. The summed E-state index contributed by atoms with van der Waals surface area (Å²) in [5.74, 6) is 1.11. The minimum absolute atomic E-state index is 0.274. The zero-order valence-electron chi connectivity index (χ0n) is 13.0. The number of H-pyrrole nitrogens is 1. The highest BCUT2D eigenvalue weighted by Gasteiger charge is 2.12. The van der Waals surface area contributed by atoms with E-state index in [0.717, 1.165) is 38.9 Å². The van der Waals surface area contributed by atoms with E-state index in [9.17, 15) is 5.11 Å². The van der Waals surface area contributed by atoms with Crippen LogP contribution < -0.4 is 4.90 Å². The molecule has 4 nitrogen and oxygen atoms in total. The first kappa shape index (κ1) is 13.6. The van der Waals surface area contributed by atoms with Gasteiger partial charge in [-0.25, -0.2) is 4.98 Å². The van der Waals surface area contributed by atoms with Crippen LogP contribution in [0.4, 0.5) is 5.95 Å². The van der Waals surface area contributed by atoms with Crippen LogP contribution in [0.5, 0.6) is 5.75 Å². The average molecular weight is 303 g/mol. The number of nitrogens with one attached hydrogen (secondary N) is 1. The van der Waals surface area contributed by atoms with Gasteiger partial charge in [-0.2, -0.15) is 0 Å². The molecule has 1 aromatic heterocycles. The molecule has 0 aliphatic carbocycles. The summed E-state index contributed by atoms with van der Waals surface area (Å²) in [5.41, 5.74) is 4.19. The summed E-state index contributed by atoms with van der Waals surface area (Å²) >= 11 is 0. The monoisotopic (exact) mass is 303 g/mol. The van der Waals surface area contributed by atoms with Crippen molar-refractivity contribution in [1.29, 1.82) is 0 Å². The number of imidazole rings is 1. The summed E-state index contributed by atoms with van der Waals surface area (Å²) in [6, 6.07) is 17.7. The highest BCUT2D eigenvalue weighted by atomic mass is 16.3. The zero-order valence-corrected chi connectivity index (χ0v) is 13.0. The lowest BCUT2D eigenvalue weighted by Crippen LogP contribution is -2.09. The SMILES string of the molecule is CN(C)c1nc2c(cc(-c3ccc(O)cc3)c3ccccc32)[nH]1. The maximum absolute atomic E-state index is 9.53. The number of aromatic amines is 1. The molecule has 2 N–H and O–H groups in total. The fourth-order valence-corrected chi connectivity index (χ4v) is 2.92. The number of fused-ring (bicyclic) bond motifs is 3. The first-order valence-corrected chi connectivity index (χ1v) is 7.51.